The third-order valence-corrected chi connectivity index (χ3v) is 2.44. The van der Waals surface area contributed by atoms with Gasteiger partial charge in [-0.3, -0.25) is 0 Å². The molecule has 1 atom stereocenters. The molecular formula is C10H19N. The van der Waals surface area contributed by atoms with Gasteiger partial charge >= 0.3 is 0 Å². The molecule has 1 rings (SSSR count). The van der Waals surface area contributed by atoms with Crippen LogP contribution in [-0.2, 0) is 0 Å². The Balaban J connectivity index is 2.50. The molecule has 0 aromatic heterocycles. The molecule has 0 fully saturated rings. The SMILES string of the molecule is CC(C)C1C=CCCN(C)C1. The van der Waals surface area contributed by atoms with Crippen LogP contribution in [0.15, 0.2) is 12.2 Å². The molecule has 0 saturated carbocycles. The molecule has 1 heteroatoms. The van der Waals surface area contributed by atoms with Crippen LogP contribution in [0.1, 0.15) is 20.3 Å². The Morgan fingerprint density at radius 1 is 1.45 bits per heavy atom. The van der Waals surface area contributed by atoms with E-state index in [9.17, 15) is 0 Å². The van der Waals surface area contributed by atoms with Gasteiger partial charge in [0.15, 0.2) is 0 Å². The van der Waals surface area contributed by atoms with E-state index in [0.29, 0.717) is 0 Å². The zero-order valence-corrected chi connectivity index (χ0v) is 7.88. The number of hydrogen-bond acceptors (Lipinski definition) is 1. The molecule has 0 spiro atoms. The molecule has 0 amide bonds. The van der Waals surface area contributed by atoms with Crippen LogP contribution in [0.5, 0.6) is 0 Å². The molecule has 64 valence electrons. The summed E-state index contributed by atoms with van der Waals surface area (Å²) in [7, 11) is 2.21. The standard InChI is InChI=1S/C10H19N/c1-9(2)10-6-4-5-7-11(3)8-10/h4,6,9-10H,5,7-8H2,1-3H3. The van der Waals surface area contributed by atoms with Crippen LogP contribution in [0, 0.1) is 11.8 Å². The van der Waals surface area contributed by atoms with E-state index in [4.69, 9.17) is 0 Å². The van der Waals surface area contributed by atoms with Crippen molar-refractivity contribution < 1.29 is 0 Å². The lowest BCUT2D eigenvalue weighted by atomic mass is 9.95. The highest BCUT2D eigenvalue weighted by atomic mass is 15.1. The van der Waals surface area contributed by atoms with Crippen LogP contribution in [-0.4, -0.2) is 25.0 Å². The maximum atomic E-state index is 2.42. The third kappa shape index (κ3) is 2.66. The van der Waals surface area contributed by atoms with Crippen molar-refractivity contribution in [3.8, 4) is 0 Å². The summed E-state index contributed by atoms with van der Waals surface area (Å²) in [4.78, 5) is 2.42. The summed E-state index contributed by atoms with van der Waals surface area (Å²) < 4.78 is 0. The second-order valence-electron chi connectivity index (χ2n) is 3.89. The van der Waals surface area contributed by atoms with E-state index >= 15 is 0 Å². The Labute approximate surface area is 70.1 Å². The lowest BCUT2D eigenvalue weighted by molar-refractivity contribution is 0.280. The minimum atomic E-state index is 0.766. The van der Waals surface area contributed by atoms with E-state index in [1.165, 1.54) is 19.5 Å². The molecular weight excluding hydrogens is 134 g/mol. The van der Waals surface area contributed by atoms with Crippen LogP contribution in [0.2, 0.25) is 0 Å². The zero-order valence-electron chi connectivity index (χ0n) is 7.88. The van der Waals surface area contributed by atoms with Crippen molar-refractivity contribution in [2.45, 2.75) is 20.3 Å². The first-order valence-electron chi connectivity index (χ1n) is 4.55. The molecule has 0 N–H and O–H groups in total. The van der Waals surface area contributed by atoms with Crippen LogP contribution in [0.3, 0.4) is 0 Å². The molecule has 0 aromatic rings. The Hall–Kier alpha value is -0.300. The van der Waals surface area contributed by atoms with Crippen LogP contribution >= 0.6 is 0 Å². The first-order chi connectivity index (χ1) is 5.20. The van der Waals surface area contributed by atoms with Gasteiger partial charge in [0.05, 0.1) is 0 Å². The largest absolute Gasteiger partial charge is 0.305 e. The molecule has 1 nitrogen and oxygen atoms in total. The summed E-state index contributed by atoms with van der Waals surface area (Å²) in [6.45, 7) is 7.05. The van der Waals surface area contributed by atoms with Crippen LogP contribution in [0.4, 0.5) is 0 Å². The van der Waals surface area contributed by atoms with Crippen LogP contribution in [0.25, 0.3) is 0 Å². The Morgan fingerprint density at radius 2 is 2.18 bits per heavy atom. The summed E-state index contributed by atoms with van der Waals surface area (Å²) in [6.07, 6.45) is 5.93. The molecule has 1 aliphatic heterocycles. The summed E-state index contributed by atoms with van der Waals surface area (Å²) in [5.74, 6) is 1.55. The van der Waals surface area contributed by atoms with Crippen molar-refractivity contribution in [3.63, 3.8) is 0 Å². The Morgan fingerprint density at radius 3 is 2.82 bits per heavy atom. The highest BCUT2D eigenvalue weighted by Crippen LogP contribution is 2.16. The van der Waals surface area contributed by atoms with Crippen molar-refractivity contribution >= 4 is 0 Å². The van der Waals surface area contributed by atoms with Gasteiger partial charge in [-0.2, -0.15) is 0 Å². The van der Waals surface area contributed by atoms with Gasteiger partial charge in [-0.25, -0.2) is 0 Å². The molecule has 0 saturated heterocycles. The van der Waals surface area contributed by atoms with Gasteiger partial charge in [-0.15, -0.1) is 0 Å². The highest BCUT2D eigenvalue weighted by Gasteiger charge is 2.13. The minimum absolute atomic E-state index is 0.766. The molecule has 0 aliphatic carbocycles. The topological polar surface area (TPSA) is 3.24 Å². The molecule has 0 bridgehead atoms. The van der Waals surface area contributed by atoms with Gasteiger partial charge in [0.25, 0.3) is 0 Å². The second-order valence-corrected chi connectivity index (χ2v) is 3.89. The fourth-order valence-electron chi connectivity index (χ4n) is 1.51. The van der Waals surface area contributed by atoms with E-state index in [1.807, 2.05) is 0 Å². The Bertz CT molecular complexity index is 138. The number of hydrogen-bond donors (Lipinski definition) is 0. The van der Waals surface area contributed by atoms with Gasteiger partial charge in [0.2, 0.25) is 0 Å². The van der Waals surface area contributed by atoms with Crippen molar-refractivity contribution in [2.75, 3.05) is 20.1 Å². The van der Waals surface area contributed by atoms with Gasteiger partial charge in [-0.05, 0) is 25.3 Å². The quantitative estimate of drug-likeness (QED) is 0.522. The summed E-state index contributed by atoms with van der Waals surface area (Å²) in [6, 6.07) is 0. The van der Waals surface area contributed by atoms with Crippen molar-refractivity contribution in [1.82, 2.24) is 4.90 Å². The average molecular weight is 153 g/mol. The number of nitrogens with zero attached hydrogens (tertiary/aromatic N) is 1. The second kappa shape index (κ2) is 3.91. The molecule has 1 aliphatic rings. The lowest BCUT2D eigenvalue weighted by Crippen LogP contribution is -2.26. The van der Waals surface area contributed by atoms with Crippen LogP contribution < -0.4 is 0 Å². The first kappa shape index (κ1) is 8.79. The zero-order chi connectivity index (χ0) is 8.27. The van der Waals surface area contributed by atoms with E-state index in [2.05, 4.69) is 37.9 Å². The van der Waals surface area contributed by atoms with Crippen molar-refractivity contribution in [1.29, 1.82) is 0 Å². The van der Waals surface area contributed by atoms with E-state index in [0.717, 1.165) is 11.8 Å². The first-order valence-corrected chi connectivity index (χ1v) is 4.55. The highest BCUT2D eigenvalue weighted by molar-refractivity contribution is 4.94. The van der Waals surface area contributed by atoms with E-state index in [1.54, 1.807) is 0 Å². The summed E-state index contributed by atoms with van der Waals surface area (Å²) in [5, 5.41) is 0. The molecule has 0 aromatic carbocycles. The molecule has 1 unspecified atom stereocenters. The maximum Gasteiger partial charge on any atom is 0.00439 e. The Kier molecular flexibility index (Phi) is 3.13. The minimum Gasteiger partial charge on any atom is -0.305 e. The summed E-state index contributed by atoms with van der Waals surface area (Å²) >= 11 is 0. The fraction of sp³-hybridized carbons (Fsp3) is 0.800. The van der Waals surface area contributed by atoms with Crippen molar-refractivity contribution in [2.24, 2.45) is 11.8 Å². The molecule has 1 heterocycles. The monoisotopic (exact) mass is 153 g/mol. The van der Waals surface area contributed by atoms with Gasteiger partial charge in [-0.1, -0.05) is 26.0 Å². The average Bonchev–Trinajstić information content (AvgIpc) is 2.13. The van der Waals surface area contributed by atoms with Crippen molar-refractivity contribution in [3.05, 3.63) is 12.2 Å². The van der Waals surface area contributed by atoms with Gasteiger partial charge < -0.3 is 4.90 Å². The fourth-order valence-corrected chi connectivity index (χ4v) is 1.51. The van der Waals surface area contributed by atoms with Gasteiger partial charge in [0, 0.05) is 13.1 Å². The number of rotatable bonds is 1. The van der Waals surface area contributed by atoms with Gasteiger partial charge in [0.1, 0.15) is 0 Å². The van der Waals surface area contributed by atoms with E-state index < -0.39 is 0 Å². The smallest absolute Gasteiger partial charge is 0.00439 e. The predicted octanol–water partition coefficient (Wildman–Crippen LogP) is 2.15. The maximum absolute atomic E-state index is 2.42. The summed E-state index contributed by atoms with van der Waals surface area (Å²) in [5.41, 5.74) is 0. The normalized spacial score (nSPS) is 27.5. The third-order valence-electron chi connectivity index (χ3n) is 2.44. The van der Waals surface area contributed by atoms with E-state index in [-0.39, 0.29) is 0 Å². The lowest BCUT2D eigenvalue weighted by Gasteiger charge is -2.21. The predicted molar refractivity (Wildman–Crippen MR) is 49.6 cm³/mol. The molecule has 0 radical (unpaired) electrons. The molecule has 11 heavy (non-hydrogen) atoms.